The Hall–Kier alpha value is -0.890. The Kier molecular flexibility index (Phi) is 2.60. The van der Waals surface area contributed by atoms with Gasteiger partial charge in [0, 0.05) is 24.4 Å². The lowest BCUT2D eigenvalue weighted by Gasteiger charge is -2.17. The smallest absolute Gasteiger partial charge is 0.0388 e. The van der Waals surface area contributed by atoms with E-state index in [9.17, 15) is 0 Å². The van der Waals surface area contributed by atoms with E-state index in [1.165, 1.54) is 5.71 Å². The minimum Gasteiger partial charge on any atom is -0.315 e. The fraction of sp³-hybridized carbons (Fsp3) is 0.444. The van der Waals surface area contributed by atoms with E-state index >= 15 is 0 Å². The van der Waals surface area contributed by atoms with Gasteiger partial charge in [0.2, 0.25) is 0 Å². The van der Waals surface area contributed by atoms with Gasteiger partial charge < -0.3 is 5.32 Å². The van der Waals surface area contributed by atoms with Crippen molar-refractivity contribution in [3.8, 4) is 0 Å². The summed E-state index contributed by atoms with van der Waals surface area (Å²) in [6.45, 7) is 6.91. The van der Waals surface area contributed by atoms with Crippen molar-refractivity contribution in [1.82, 2.24) is 5.32 Å². The van der Waals surface area contributed by atoms with Gasteiger partial charge in [-0.25, -0.2) is 0 Å². The second-order valence-corrected chi connectivity index (χ2v) is 2.76. The van der Waals surface area contributed by atoms with Crippen molar-refractivity contribution in [2.24, 2.45) is 10.9 Å². The van der Waals surface area contributed by atoms with Crippen LogP contribution in [0.25, 0.3) is 0 Å². The van der Waals surface area contributed by atoms with Gasteiger partial charge in [0.1, 0.15) is 0 Å². The molecule has 0 aromatic heterocycles. The van der Waals surface area contributed by atoms with Crippen molar-refractivity contribution < 1.29 is 0 Å². The fourth-order valence-corrected chi connectivity index (χ4v) is 1.08. The highest BCUT2D eigenvalue weighted by Crippen LogP contribution is 2.15. The minimum absolute atomic E-state index is 0.396. The van der Waals surface area contributed by atoms with Crippen molar-refractivity contribution in [1.29, 1.82) is 0 Å². The number of hydrogen-bond donors (Lipinski definition) is 1. The molecule has 60 valence electrons. The van der Waals surface area contributed by atoms with Crippen molar-refractivity contribution in [2.45, 2.75) is 6.92 Å². The molecule has 1 aliphatic heterocycles. The summed E-state index contributed by atoms with van der Waals surface area (Å²) in [5, 5.41) is 3.08. The van der Waals surface area contributed by atoms with Crippen LogP contribution in [0.4, 0.5) is 0 Å². The third kappa shape index (κ3) is 1.77. The molecule has 0 aliphatic carbocycles. The maximum atomic E-state index is 4.26. The van der Waals surface area contributed by atoms with Crippen LogP contribution in [0.3, 0.4) is 0 Å². The molecule has 0 bridgehead atoms. The second-order valence-electron chi connectivity index (χ2n) is 2.76. The Labute approximate surface area is 67.7 Å². The summed E-state index contributed by atoms with van der Waals surface area (Å²) in [4.78, 5) is 4.26. The van der Waals surface area contributed by atoms with Crippen molar-refractivity contribution in [3.05, 3.63) is 24.4 Å². The molecule has 2 heteroatoms. The van der Waals surface area contributed by atoms with Gasteiger partial charge in [-0.3, -0.25) is 4.99 Å². The molecule has 0 amide bonds. The van der Waals surface area contributed by atoms with E-state index in [1.807, 2.05) is 19.3 Å². The maximum absolute atomic E-state index is 4.26. The van der Waals surface area contributed by atoms with E-state index < -0.39 is 0 Å². The average Bonchev–Trinajstić information content (AvgIpc) is 1.99. The molecular formula is C9H14N2. The summed E-state index contributed by atoms with van der Waals surface area (Å²) < 4.78 is 0. The molecule has 11 heavy (non-hydrogen) atoms. The van der Waals surface area contributed by atoms with Gasteiger partial charge >= 0.3 is 0 Å². The summed E-state index contributed by atoms with van der Waals surface area (Å²) in [6, 6.07) is 0. The maximum Gasteiger partial charge on any atom is 0.0388 e. The Morgan fingerprint density at radius 2 is 2.45 bits per heavy atom. The fourth-order valence-electron chi connectivity index (χ4n) is 1.08. The van der Waals surface area contributed by atoms with E-state index in [1.54, 1.807) is 0 Å². The summed E-state index contributed by atoms with van der Waals surface area (Å²) >= 11 is 0. The molecule has 1 aliphatic rings. The predicted molar refractivity (Wildman–Crippen MR) is 48.8 cm³/mol. The lowest BCUT2D eigenvalue weighted by atomic mass is 9.95. The van der Waals surface area contributed by atoms with Crippen molar-refractivity contribution in [2.75, 3.05) is 13.6 Å². The van der Waals surface area contributed by atoms with Gasteiger partial charge in [0.15, 0.2) is 0 Å². The highest BCUT2D eigenvalue weighted by atomic mass is 14.9. The Morgan fingerprint density at radius 3 is 3.09 bits per heavy atom. The Morgan fingerprint density at radius 1 is 1.73 bits per heavy atom. The zero-order valence-corrected chi connectivity index (χ0v) is 7.09. The molecule has 1 unspecified atom stereocenters. The van der Waals surface area contributed by atoms with Gasteiger partial charge in [-0.15, -0.1) is 0 Å². The minimum atomic E-state index is 0.396. The van der Waals surface area contributed by atoms with E-state index in [2.05, 4.69) is 23.8 Å². The molecule has 0 aromatic carbocycles. The van der Waals surface area contributed by atoms with Crippen LogP contribution in [0, 0.1) is 5.92 Å². The molecule has 0 saturated heterocycles. The molecular weight excluding hydrogens is 136 g/mol. The number of rotatable bonds is 2. The molecule has 1 atom stereocenters. The summed E-state index contributed by atoms with van der Waals surface area (Å²) in [7, 11) is 1.93. The number of nitrogens with one attached hydrogen (secondary N) is 1. The van der Waals surface area contributed by atoms with Crippen LogP contribution in [0.5, 0.6) is 0 Å². The van der Waals surface area contributed by atoms with E-state index in [0.717, 1.165) is 12.1 Å². The number of hydrogen-bond acceptors (Lipinski definition) is 2. The molecule has 1 N–H and O–H groups in total. The molecule has 2 nitrogen and oxygen atoms in total. The molecule has 0 saturated carbocycles. The van der Waals surface area contributed by atoms with Crippen LogP contribution in [0.15, 0.2) is 29.4 Å². The van der Waals surface area contributed by atoms with Crippen LogP contribution < -0.4 is 5.32 Å². The summed E-state index contributed by atoms with van der Waals surface area (Å²) in [6.07, 6.45) is 3.78. The first-order valence-electron chi connectivity index (χ1n) is 3.82. The monoisotopic (exact) mass is 150 g/mol. The van der Waals surface area contributed by atoms with Crippen LogP contribution in [0.2, 0.25) is 0 Å². The van der Waals surface area contributed by atoms with Gasteiger partial charge in [-0.2, -0.15) is 0 Å². The van der Waals surface area contributed by atoms with Crippen LogP contribution in [0.1, 0.15) is 6.92 Å². The molecule has 1 rings (SSSR count). The first-order valence-corrected chi connectivity index (χ1v) is 3.82. The number of allylic oxidation sites excluding steroid dienone is 2. The zero-order chi connectivity index (χ0) is 8.27. The molecule has 1 heterocycles. The third-order valence-corrected chi connectivity index (χ3v) is 1.94. The van der Waals surface area contributed by atoms with E-state index in [0.29, 0.717) is 5.92 Å². The summed E-state index contributed by atoms with van der Waals surface area (Å²) in [5.41, 5.74) is 2.31. The normalized spacial score (nSPS) is 23.6. The highest BCUT2D eigenvalue weighted by molar-refractivity contribution is 5.92. The highest BCUT2D eigenvalue weighted by Gasteiger charge is 2.13. The predicted octanol–water partition coefficient (Wildman–Crippen LogP) is 1.37. The van der Waals surface area contributed by atoms with Crippen LogP contribution >= 0.6 is 0 Å². The Balaban J connectivity index is 2.70. The first-order chi connectivity index (χ1) is 5.25. The van der Waals surface area contributed by atoms with Gasteiger partial charge in [0.05, 0.1) is 0 Å². The SMILES string of the molecule is C=C1C=CN=C(CNC)C1C. The topological polar surface area (TPSA) is 24.4 Å². The zero-order valence-electron chi connectivity index (χ0n) is 7.09. The Bertz CT molecular complexity index is 214. The second kappa shape index (κ2) is 3.49. The van der Waals surface area contributed by atoms with Gasteiger partial charge in [0.25, 0.3) is 0 Å². The molecule has 0 spiro atoms. The van der Waals surface area contributed by atoms with Crippen molar-refractivity contribution in [3.63, 3.8) is 0 Å². The van der Waals surface area contributed by atoms with Gasteiger partial charge in [-0.1, -0.05) is 13.5 Å². The van der Waals surface area contributed by atoms with Gasteiger partial charge in [-0.05, 0) is 18.7 Å². The quantitative estimate of drug-likeness (QED) is 0.631. The third-order valence-electron chi connectivity index (χ3n) is 1.94. The van der Waals surface area contributed by atoms with E-state index in [-0.39, 0.29) is 0 Å². The largest absolute Gasteiger partial charge is 0.315 e. The first kappa shape index (κ1) is 8.21. The number of nitrogens with zero attached hydrogens (tertiary/aromatic N) is 1. The van der Waals surface area contributed by atoms with E-state index in [4.69, 9.17) is 0 Å². The molecule has 0 radical (unpaired) electrons. The standard InChI is InChI=1S/C9H14N2/c1-7-4-5-11-9(6-10-3)8(7)2/h4-5,8,10H,1,6H2,2-3H3. The lowest BCUT2D eigenvalue weighted by Crippen LogP contribution is -2.26. The van der Waals surface area contributed by atoms with Crippen molar-refractivity contribution >= 4 is 5.71 Å². The number of aliphatic imine (C=N–C) groups is 1. The lowest BCUT2D eigenvalue weighted by molar-refractivity contribution is 0.853. The summed E-state index contributed by atoms with van der Waals surface area (Å²) in [5.74, 6) is 0.396. The molecule has 0 fully saturated rings. The van der Waals surface area contributed by atoms with Crippen LogP contribution in [-0.2, 0) is 0 Å². The average molecular weight is 150 g/mol. The van der Waals surface area contributed by atoms with Crippen LogP contribution in [-0.4, -0.2) is 19.3 Å². The molecule has 0 aromatic rings.